The van der Waals surface area contributed by atoms with Gasteiger partial charge in [0.15, 0.2) is 0 Å². The Morgan fingerprint density at radius 2 is 2.11 bits per heavy atom. The largest absolute Gasteiger partial charge is 0.481 e. The van der Waals surface area contributed by atoms with E-state index in [-0.39, 0.29) is 5.15 Å². The average Bonchev–Trinajstić information content (AvgIpc) is 2.26. The molecule has 0 saturated carbocycles. The molecule has 2 rings (SSSR count). The summed E-state index contributed by atoms with van der Waals surface area (Å²) in [6.45, 7) is 0. The number of carbonyl (C=O) groups is 1. The molecule has 0 fully saturated rings. The zero-order valence-corrected chi connectivity index (χ0v) is 10.3. The zero-order chi connectivity index (χ0) is 13.3. The van der Waals surface area contributed by atoms with Gasteiger partial charge < -0.3 is 5.11 Å². The molecule has 0 aliphatic heterocycles. The predicted octanol–water partition coefficient (Wildman–Crippen LogP) is 3.18. The summed E-state index contributed by atoms with van der Waals surface area (Å²) in [5.74, 6) is -5.05. The summed E-state index contributed by atoms with van der Waals surface area (Å²) in [6, 6.07) is 1.31. The second kappa shape index (κ2) is 4.80. The van der Waals surface area contributed by atoms with Crippen molar-refractivity contribution < 1.29 is 18.7 Å². The molecule has 1 heterocycles. The molecular weight excluding hydrogens is 264 g/mol. The van der Waals surface area contributed by atoms with Gasteiger partial charge in [-0.2, -0.15) is 0 Å². The summed E-state index contributed by atoms with van der Waals surface area (Å²) in [5, 5.41) is 8.21. The molecule has 18 heavy (non-hydrogen) atoms. The summed E-state index contributed by atoms with van der Waals surface area (Å²) >= 11 is 5.75. The van der Waals surface area contributed by atoms with E-state index >= 15 is 0 Å². The minimum Gasteiger partial charge on any atom is -0.481 e. The van der Waals surface area contributed by atoms with E-state index in [2.05, 4.69) is 4.98 Å². The van der Waals surface area contributed by atoms with Gasteiger partial charge in [0, 0.05) is 5.69 Å². The lowest BCUT2D eigenvalue weighted by atomic mass is 9.93. The first kappa shape index (κ1) is 13.2. The maximum atomic E-state index is 13.7. The van der Waals surface area contributed by atoms with Gasteiger partial charge in [-0.05, 0) is 37.3 Å². The lowest BCUT2D eigenvalue weighted by Crippen LogP contribution is -2.21. The molecule has 98 valence electrons. The van der Waals surface area contributed by atoms with E-state index in [1.54, 1.807) is 0 Å². The third-order valence-corrected chi connectivity index (χ3v) is 3.31. The number of aromatic nitrogens is 1. The molecule has 6 heteroatoms. The predicted molar refractivity (Wildman–Crippen MR) is 62.0 cm³/mol. The number of rotatable bonds is 3. The Labute approximate surface area is 108 Å². The van der Waals surface area contributed by atoms with E-state index < -0.39 is 23.9 Å². The summed E-state index contributed by atoms with van der Waals surface area (Å²) in [4.78, 5) is 14.4. The van der Waals surface area contributed by atoms with Gasteiger partial charge in [-0.15, -0.1) is 0 Å². The van der Waals surface area contributed by atoms with Crippen LogP contribution in [0.2, 0.25) is 5.15 Å². The molecular formula is C12H12ClF2NO2. The van der Waals surface area contributed by atoms with Crippen molar-refractivity contribution in [1.29, 1.82) is 0 Å². The number of fused-ring (bicyclic) bond motifs is 1. The second-order valence-electron chi connectivity index (χ2n) is 4.41. The third-order valence-electron chi connectivity index (χ3n) is 3.02. The Morgan fingerprint density at radius 3 is 2.78 bits per heavy atom. The van der Waals surface area contributed by atoms with Crippen molar-refractivity contribution in [2.45, 2.75) is 38.0 Å². The first-order valence-electron chi connectivity index (χ1n) is 5.68. The SMILES string of the molecule is O=C(O)CC(F)(F)c1cc2c(nc1Cl)CCCC2. The number of carboxylic acid groups (broad SMARTS) is 1. The van der Waals surface area contributed by atoms with Crippen molar-refractivity contribution in [2.75, 3.05) is 0 Å². The van der Waals surface area contributed by atoms with Crippen molar-refractivity contribution >= 4 is 17.6 Å². The van der Waals surface area contributed by atoms with Gasteiger partial charge >= 0.3 is 5.97 Å². The number of aryl methyl sites for hydroxylation is 2. The van der Waals surface area contributed by atoms with Crippen molar-refractivity contribution in [3.8, 4) is 0 Å². The van der Waals surface area contributed by atoms with Gasteiger partial charge in [-0.3, -0.25) is 4.79 Å². The van der Waals surface area contributed by atoms with Gasteiger partial charge in [0.2, 0.25) is 0 Å². The molecule has 0 amide bonds. The highest BCUT2D eigenvalue weighted by atomic mass is 35.5. The molecule has 0 bridgehead atoms. The van der Waals surface area contributed by atoms with Gasteiger partial charge in [0.1, 0.15) is 11.6 Å². The van der Waals surface area contributed by atoms with Gasteiger partial charge in [-0.1, -0.05) is 11.6 Å². The standard InChI is InChI=1S/C12H12ClF2NO2/c13-11-8(12(14,15)6-10(17)18)5-7-3-1-2-4-9(7)16-11/h5H,1-4,6H2,(H,17,18). The molecule has 1 N–H and O–H groups in total. The van der Waals surface area contributed by atoms with Crippen molar-refractivity contribution in [3.63, 3.8) is 0 Å². The second-order valence-corrected chi connectivity index (χ2v) is 4.77. The highest BCUT2D eigenvalue weighted by Gasteiger charge is 2.38. The van der Waals surface area contributed by atoms with Gasteiger partial charge in [0.25, 0.3) is 5.92 Å². The van der Waals surface area contributed by atoms with Crippen LogP contribution in [-0.4, -0.2) is 16.1 Å². The van der Waals surface area contributed by atoms with E-state index in [0.717, 1.165) is 30.5 Å². The van der Waals surface area contributed by atoms with Crippen molar-refractivity contribution in [1.82, 2.24) is 4.98 Å². The molecule has 1 aliphatic rings. The molecule has 0 unspecified atom stereocenters. The monoisotopic (exact) mass is 275 g/mol. The lowest BCUT2D eigenvalue weighted by Gasteiger charge is -2.20. The van der Waals surface area contributed by atoms with Crippen molar-refractivity contribution in [3.05, 3.63) is 28.0 Å². The van der Waals surface area contributed by atoms with E-state index in [0.29, 0.717) is 6.42 Å². The molecule has 1 aromatic heterocycles. The number of aliphatic carboxylic acids is 1. The molecule has 0 spiro atoms. The first-order chi connectivity index (χ1) is 8.40. The molecule has 1 aliphatic carbocycles. The Hall–Kier alpha value is -1.23. The van der Waals surface area contributed by atoms with Gasteiger partial charge in [-0.25, -0.2) is 13.8 Å². The van der Waals surface area contributed by atoms with E-state index in [1.165, 1.54) is 6.07 Å². The summed E-state index contributed by atoms with van der Waals surface area (Å²) < 4.78 is 27.5. The fourth-order valence-electron chi connectivity index (χ4n) is 2.15. The third kappa shape index (κ3) is 2.61. The number of hydrogen-bond acceptors (Lipinski definition) is 2. The quantitative estimate of drug-likeness (QED) is 0.862. The molecule has 0 radical (unpaired) electrons. The molecule has 1 aromatic rings. The molecule has 0 atom stereocenters. The van der Waals surface area contributed by atoms with Crippen LogP contribution in [0.5, 0.6) is 0 Å². The fraction of sp³-hybridized carbons (Fsp3) is 0.500. The van der Waals surface area contributed by atoms with Crippen LogP contribution in [0, 0.1) is 0 Å². The van der Waals surface area contributed by atoms with Crippen LogP contribution in [0.25, 0.3) is 0 Å². The zero-order valence-electron chi connectivity index (χ0n) is 9.55. The van der Waals surface area contributed by atoms with E-state index in [4.69, 9.17) is 16.7 Å². The highest BCUT2D eigenvalue weighted by Crippen LogP contribution is 2.37. The maximum Gasteiger partial charge on any atom is 0.309 e. The number of carboxylic acids is 1. The molecule has 0 aromatic carbocycles. The summed E-state index contributed by atoms with van der Waals surface area (Å²) in [7, 11) is 0. The van der Waals surface area contributed by atoms with E-state index in [1.807, 2.05) is 0 Å². The maximum absolute atomic E-state index is 13.7. The Balaban J connectivity index is 2.41. The number of hydrogen-bond donors (Lipinski definition) is 1. The van der Waals surface area contributed by atoms with Gasteiger partial charge in [0.05, 0.1) is 5.56 Å². The van der Waals surface area contributed by atoms with Crippen LogP contribution in [0.3, 0.4) is 0 Å². The van der Waals surface area contributed by atoms with Crippen LogP contribution in [-0.2, 0) is 23.6 Å². The normalized spacial score (nSPS) is 15.3. The van der Waals surface area contributed by atoms with Crippen LogP contribution in [0.4, 0.5) is 8.78 Å². The van der Waals surface area contributed by atoms with Crippen LogP contribution in [0.15, 0.2) is 6.07 Å². The average molecular weight is 276 g/mol. The Kier molecular flexibility index (Phi) is 3.52. The lowest BCUT2D eigenvalue weighted by molar-refractivity contribution is -0.145. The highest BCUT2D eigenvalue weighted by molar-refractivity contribution is 6.30. The smallest absolute Gasteiger partial charge is 0.309 e. The number of pyridine rings is 1. The van der Waals surface area contributed by atoms with E-state index in [9.17, 15) is 13.6 Å². The number of halogens is 3. The van der Waals surface area contributed by atoms with Crippen LogP contribution in [0.1, 0.15) is 36.1 Å². The summed E-state index contributed by atoms with van der Waals surface area (Å²) in [6.07, 6.45) is 2.06. The molecule has 3 nitrogen and oxygen atoms in total. The topological polar surface area (TPSA) is 50.2 Å². The van der Waals surface area contributed by atoms with Crippen LogP contribution < -0.4 is 0 Å². The fourth-order valence-corrected chi connectivity index (χ4v) is 2.44. The minimum absolute atomic E-state index is 0.290. The van der Waals surface area contributed by atoms with Crippen molar-refractivity contribution in [2.24, 2.45) is 0 Å². The number of nitrogens with zero attached hydrogens (tertiary/aromatic N) is 1. The Bertz CT molecular complexity index is 491. The van der Waals surface area contributed by atoms with Crippen LogP contribution >= 0.6 is 11.6 Å². The molecule has 0 saturated heterocycles. The minimum atomic E-state index is -3.48. The Morgan fingerprint density at radius 1 is 1.44 bits per heavy atom. The number of alkyl halides is 2. The first-order valence-corrected chi connectivity index (χ1v) is 6.06. The summed E-state index contributed by atoms with van der Waals surface area (Å²) in [5.41, 5.74) is 1.03.